The van der Waals surface area contributed by atoms with Crippen LogP contribution >= 0.6 is 0 Å². The maximum atomic E-state index is 12.6. The van der Waals surface area contributed by atoms with Crippen LogP contribution in [0.25, 0.3) is 0 Å². The average Bonchev–Trinajstić information content (AvgIpc) is 2.96. The summed E-state index contributed by atoms with van der Waals surface area (Å²) in [5, 5.41) is 3.18. The molecule has 2 amide bonds. The molecule has 2 aliphatic heterocycles. The van der Waals surface area contributed by atoms with Crippen molar-refractivity contribution in [2.45, 2.75) is 44.9 Å². The first-order valence-electron chi connectivity index (χ1n) is 9.65. The first-order chi connectivity index (χ1) is 12.2. The molecule has 0 spiro atoms. The second-order valence-electron chi connectivity index (χ2n) is 7.08. The third kappa shape index (κ3) is 4.97. The quantitative estimate of drug-likeness (QED) is 0.914. The van der Waals surface area contributed by atoms with Crippen molar-refractivity contribution in [2.24, 2.45) is 0 Å². The molecule has 25 heavy (non-hydrogen) atoms. The predicted octanol–water partition coefficient (Wildman–Crippen LogP) is 3.13. The Labute approximate surface area is 150 Å². The maximum Gasteiger partial charge on any atom is 0.253 e. The van der Waals surface area contributed by atoms with Gasteiger partial charge in [-0.15, -0.1) is 0 Å². The Morgan fingerprint density at radius 2 is 1.28 bits per heavy atom. The molecule has 2 fully saturated rings. The van der Waals surface area contributed by atoms with Gasteiger partial charge in [0.1, 0.15) is 0 Å². The fourth-order valence-electron chi connectivity index (χ4n) is 3.62. The lowest BCUT2D eigenvalue weighted by Crippen LogP contribution is -2.39. The topological polar surface area (TPSA) is 52.7 Å². The van der Waals surface area contributed by atoms with Crippen molar-refractivity contribution in [3.63, 3.8) is 0 Å². The van der Waals surface area contributed by atoms with Gasteiger partial charge in [-0.25, -0.2) is 0 Å². The number of carbonyl (C=O) groups excluding carboxylic acids is 2. The van der Waals surface area contributed by atoms with Crippen LogP contribution in [0, 0.1) is 0 Å². The highest BCUT2D eigenvalue weighted by Gasteiger charge is 2.18. The van der Waals surface area contributed by atoms with Crippen LogP contribution in [0.1, 0.15) is 55.3 Å². The van der Waals surface area contributed by atoms with Gasteiger partial charge in [0.15, 0.2) is 0 Å². The van der Waals surface area contributed by atoms with Crippen molar-refractivity contribution in [3.05, 3.63) is 29.8 Å². The molecule has 2 heterocycles. The van der Waals surface area contributed by atoms with Crippen LogP contribution in [0.15, 0.2) is 24.3 Å². The molecule has 0 radical (unpaired) electrons. The lowest BCUT2D eigenvalue weighted by molar-refractivity contribution is -0.130. The Morgan fingerprint density at radius 1 is 0.760 bits per heavy atom. The van der Waals surface area contributed by atoms with Gasteiger partial charge >= 0.3 is 0 Å². The molecule has 0 bridgehead atoms. The monoisotopic (exact) mass is 343 g/mol. The highest BCUT2D eigenvalue weighted by Crippen LogP contribution is 2.16. The zero-order chi connectivity index (χ0) is 17.5. The second kappa shape index (κ2) is 8.88. The summed E-state index contributed by atoms with van der Waals surface area (Å²) in [7, 11) is 0. The molecule has 0 atom stereocenters. The van der Waals surface area contributed by atoms with Crippen molar-refractivity contribution in [2.75, 3.05) is 38.0 Å². The Bertz CT molecular complexity index is 571. The predicted molar refractivity (Wildman–Crippen MR) is 99.7 cm³/mol. The molecular weight excluding hydrogens is 314 g/mol. The third-order valence-electron chi connectivity index (χ3n) is 5.18. The minimum atomic E-state index is 0.123. The van der Waals surface area contributed by atoms with Crippen molar-refractivity contribution in [1.29, 1.82) is 0 Å². The standard InChI is InChI=1S/C20H29N3O2/c24-19(22-12-6-3-7-13-22)16-21-18-10-8-17(9-11-18)20(25)23-14-4-1-2-5-15-23/h8-11,21H,1-7,12-16H2. The number of hydrogen-bond donors (Lipinski definition) is 1. The number of nitrogens with one attached hydrogen (secondary N) is 1. The van der Waals surface area contributed by atoms with Gasteiger partial charge in [-0.2, -0.15) is 0 Å². The van der Waals surface area contributed by atoms with Gasteiger partial charge in [0, 0.05) is 37.4 Å². The summed E-state index contributed by atoms with van der Waals surface area (Å²) < 4.78 is 0. The molecule has 136 valence electrons. The molecule has 5 nitrogen and oxygen atoms in total. The number of likely N-dealkylation sites (tertiary alicyclic amines) is 2. The number of hydrogen-bond acceptors (Lipinski definition) is 3. The van der Waals surface area contributed by atoms with Crippen molar-refractivity contribution < 1.29 is 9.59 Å². The van der Waals surface area contributed by atoms with Crippen molar-refractivity contribution >= 4 is 17.5 Å². The fraction of sp³-hybridized carbons (Fsp3) is 0.600. The Balaban J connectivity index is 1.51. The zero-order valence-electron chi connectivity index (χ0n) is 15.0. The van der Waals surface area contributed by atoms with Crippen molar-refractivity contribution in [1.82, 2.24) is 9.80 Å². The van der Waals surface area contributed by atoms with E-state index in [0.29, 0.717) is 6.54 Å². The van der Waals surface area contributed by atoms with Crippen LogP contribution in [0.5, 0.6) is 0 Å². The van der Waals surface area contributed by atoms with E-state index in [1.165, 1.54) is 19.3 Å². The molecule has 1 aromatic rings. The van der Waals surface area contributed by atoms with Crippen LogP contribution in [-0.4, -0.2) is 54.3 Å². The summed E-state index contributed by atoms with van der Waals surface area (Å²) in [6, 6.07) is 7.52. The van der Waals surface area contributed by atoms with E-state index in [-0.39, 0.29) is 11.8 Å². The lowest BCUT2D eigenvalue weighted by Gasteiger charge is -2.27. The minimum Gasteiger partial charge on any atom is -0.376 e. The van der Waals surface area contributed by atoms with Gasteiger partial charge in [-0.1, -0.05) is 12.8 Å². The number of piperidine rings is 1. The summed E-state index contributed by atoms with van der Waals surface area (Å²) >= 11 is 0. The number of benzene rings is 1. The molecule has 1 N–H and O–H groups in total. The molecule has 0 aliphatic carbocycles. The number of rotatable bonds is 4. The van der Waals surface area contributed by atoms with Crippen LogP contribution in [0.3, 0.4) is 0 Å². The highest BCUT2D eigenvalue weighted by molar-refractivity contribution is 5.94. The molecule has 5 heteroatoms. The largest absolute Gasteiger partial charge is 0.376 e. The average molecular weight is 343 g/mol. The van der Waals surface area contributed by atoms with E-state index < -0.39 is 0 Å². The van der Waals surface area contributed by atoms with Gasteiger partial charge in [0.05, 0.1) is 6.54 Å². The van der Waals surface area contributed by atoms with Gasteiger partial charge in [-0.05, 0) is 56.4 Å². The molecule has 1 aromatic carbocycles. The first-order valence-corrected chi connectivity index (χ1v) is 9.65. The molecule has 2 saturated heterocycles. The number of nitrogens with zero attached hydrogens (tertiary/aromatic N) is 2. The zero-order valence-corrected chi connectivity index (χ0v) is 15.0. The molecule has 0 saturated carbocycles. The van der Waals surface area contributed by atoms with Gasteiger partial charge in [0.25, 0.3) is 5.91 Å². The first kappa shape index (κ1) is 17.8. The summed E-state index contributed by atoms with van der Waals surface area (Å²) in [6.45, 7) is 3.80. The number of anilines is 1. The summed E-state index contributed by atoms with van der Waals surface area (Å²) in [4.78, 5) is 28.7. The van der Waals surface area contributed by atoms with Gasteiger partial charge in [-0.3, -0.25) is 9.59 Å². The van der Waals surface area contributed by atoms with E-state index in [4.69, 9.17) is 0 Å². The van der Waals surface area contributed by atoms with Crippen LogP contribution < -0.4 is 5.32 Å². The SMILES string of the molecule is O=C(CNc1ccc(C(=O)N2CCCCCC2)cc1)N1CCCCC1. The van der Waals surface area contributed by atoms with Crippen LogP contribution in [0.4, 0.5) is 5.69 Å². The maximum absolute atomic E-state index is 12.6. The van der Waals surface area contributed by atoms with E-state index in [1.807, 2.05) is 34.1 Å². The van der Waals surface area contributed by atoms with Gasteiger partial charge in [0.2, 0.25) is 5.91 Å². The smallest absolute Gasteiger partial charge is 0.253 e. The molecule has 0 unspecified atom stereocenters. The fourth-order valence-corrected chi connectivity index (χ4v) is 3.62. The third-order valence-corrected chi connectivity index (χ3v) is 5.18. The van der Waals surface area contributed by atoms with Crippen LogP contribution in [-0.2, 0) is 4.79 Å². The molecular formula is C20H29N3O2. The van der Waals surface area contributed by atoms with E-state index in [0.717, 1.165) is 63.1 Å². The Kier molecular flexibility index (Phi) is 6.31. The number of carbonyl (C=O) groups is 2. The van der Waals surface area contributed by atoms with E-state index in [1.54, 1.807) is 0 Å². The van der Waals surface area contributed by atoms with Crippen LogP contribution in [0.2, 0.25) is 0 Å². The molecule has 0 aromatic heterocycles. The lowest BCUT2D eigenvalue weighted by atomic mass is 10.1. The Morgan fingerprint density at radius 3 is 1.88 bits per heavy atom. The molecule has 2 aliphatic rings. The van der Waals surface area contributed by atoms with Gasteiger partial charge < -0.3 is 15.1 Å². The normalized spacial score (nSPS) is 18.6. The minimum absolute atomic E-state index is 0.123. The second-order valence-corrected chi connectivity index (χ2v) is 7.08. The number of amides is 2. The summed E-state index contributed by atoms with van der Waals surface area (Å²) in [5.74, 6) is 0.280. The van der Waals surface area contributed by atoms with E-state index >= 15 is 0 Å². The highest BCUT2D eigenvalue weighted by atomic mass is 16.2. The Hall–Kier alpha value is -2.04. The summed E-state index contributed by atoms with van der Waals surface area (Å²) in [5.41, 5.74) is 1.62. The summed E-state index contributed by atoms with van der Waals surface area (Å²) in [6.07, 6.45) is 8.09. The van der Waals surface area contributed by atoms with E-state index in [9.17, 15) is 9.59 Å². The van der Waals surface area contributed by atoms with E-state index in [2.05, 4.69) is 5.32 Å². The molecule has 3 rings (SSSR count). The van der Waals surface area contributed by atoms with Crippen molar-refractivity contribution in [3.8, 4) is 0 Å².